The van der Waals surface area contributed by atoms with E-state index in [-0.39, 0.29) is 24.1 Å². The zero-order valence-electron chi connectivity index (χ0n) is 13.5. The molecule has 1 amide bonds. The summed E-state index contributed by atoms with van der Waals surface area (Å²) < 4.78 is 54.9. The molecule has 3 rings (SSSR count). The molecule has 0 unspecified atom stereocenters. The molecule has 0 spiro atoms. The summed E-state index contributed by atoms with van der Waals surface area (Å²) >= 11 is 0. The number of piperidine rings is 1. The van der Waals surface area contributed by atoms with Gasteiger partial charge in [0.1, 0.15) is 11.5 Å². The van der Waals surface area contributed by atoms with Crippen LogP contribution in [0.1, 0.15) is 28.9 Å². The maximum absolute atomic E-state index is 13.9. The number of amides is 1. The summed E-state index contributed by atoms with van der Waals surface area (Å²) in [6.07, 6.45) is -2.54. The van der Waals surface area contributed by atoms with E-state index in [0.29, 0.717) is 17.6 Å². The zero-order valence-corrected chi connectivity index (χ0v) is 14.3. The summed E-state index contributed by atoms with van der Waals surface area (Å²) in [5.41, 5.74) is -2.28. The lowest BCUT2D eigenvalue weighted by Gasteiger charge is -2.24. The lowest BCUT2D eigenvalue weighted by Crippen LogP contribution is -2.45. The molecule has 1 saturated heterocycles. The smallest absolute Gasteiger partial charge is 0.348 e. The normalized spacial score (nSPS) is 17.5. The third-order valence-electron chi connectivity index (χ3n) is 4.00. The zero-order chi connectivity index (χ0) is 18.0. The van der Waals surface area contributed by atoms with Crippen molar-refractivity contribution in [3.05, 3.63) is 47.5 Å². The van der Waals surface area contributed by atoms with Crippen molar-refractivity contribution in [1.29, 1.82) is 0 Å². The highest BCUT2D eigenvalue weighted by atomic mass is 35.5. The third-order valence-corrected chi connectivity index (χ3v) is 4.00. The van der Waals surface area contributed by atoms with E-state index in [1.807, 2.05) is 0 Å². The lowest BCUT2D eigenvalue weighted by atomic mass is 10.1. The summed E-state index contributed by atoms with van der Waals surface area (Å²) in [6, 6.07) is 4.71. The van der Waals surface area contributed by atoms with Crippen molar-refractivity contribution in [2.45, 2.75) is 25.1 Å². The van der Waals surface area contributed by atoms with Crippen LogP contribution >= 0.6 is 12.4 Å². The number of nitrogens with zero attached hydrogens (tertiary/aromatic N) is 2. The molecule has 0 bridgehead atoms. The number of carbonyl (C=O) groups is 1. The molecule has 1 aromatic carbocycles. The van der Waals surface area contributed by atoms with Crippen molar-refractivity contribution in [2.75, 3.05) is 13.1 Å². The van der Waals surface area contributed by atoms with Crippen LogP contribution in [0.4, 0.5) is 17.6 Å². The van der Waals surface area contributed by atoms with Crippen LogP contribution in [0.25, 0.3) is 5.69 Å². The van der Waals surface area contributed by atoms with Gasteiger partial charge in [0.2, 0.25) is 0 Å². The third kappa shape index (κ3) is 4.16. The number of rotatable bonds is 3. The predicted molar refractivity (Wildman–Crippen MR) is 89.1 cm³/mol. The molecule has 0 radical (unpaired) electrons. The summed E-state index contributed by atoms with van der Waals surface area (Å²) in [5.74, 6) is -1.73. The van der Waals surface area contributed by atoms with Crippen LogP contribution in [0, 0.1) is 5.82 Å². The second kappa shape index (κ2) is 8.05. The molecule has 0 saturated carbocycles. The van der Waals surface area contributed by atoms with Gasteiger partial charge in [0.15, 0.2) is 5.69 Å². The van der Waals surface area contributed by atoms with Gasteiger partial charge in [0.05, 0.1) is 11.8 Å². The first-order valence-corrected chi connectivity index (χ1v) is 7.79. The topological polar surface area (TPSA) is 59.0 Å². The molecule has 5 nitrogen and oxygen atoms in total. The Balaban J connectivity index is 0.00000243. The Morgan fingerprint density at radius 2 is 2.04 bits per heavy atom. The summed E-state index contributed by atoms with van der Waals surface area (Å²) in [7, 11) is 0. The SMILES string of the molecule is Cl.O=C(N[C@H]1CCCNC1)c1cnn(-c2ccccc2F)c1C(F)(F)F. The Labute approximate surface area is 153 Å². The maximum atomic E-state index is 13.9. The van der Waals surface area contributed by atoms with Gasteiger partial charge >= 0.3 is 6.18 Å². The van der Waals surface area contributed by atoms with Gasteiger partial charge in [-0.25, -0.2) is 9.07 Å². The van der Waals surface area contributed by atoms with E-state index in [0.717, 1.165) is 25.2 Å². The molecule has 1 aliphatic heterocycles. The van der Waals surface area contributed by atoms with Crippen LogP contribution in [-0.4, -0.2) is 34.8 Å². The fraction of sp³-hybridized carbons (Fsp3) is 0.375. The van der Waals surface area contributed by atoms with Crippen LogP contribution in [0.15, 0.2) is 30.5 Å². The van der Waals surface area contributed by atoms with Crippen LogP contribution in [-0.2, 0) is 6.18 Å². The molecule has 142 valence electrons. The van der Waals surface area contributed by atoms with E-state index in [1.54, 1.807) is 0 Å². The molecule has 1 atom stereocenters. The molecule has 1 aromatic heterocycles. The molecule has 26 heavy (non-hydrogen) atoms. The van der Waals surface area contributed by atoms with E-state index >= 15 is 0 Å². The number of aromatic nitrogens is 2. The summed E-state index contributed by atoms with van der Waals surface area (Å²) in [5, 5.41) is 9.25. The molecule has 2 heterocycles. The Hall–Kier alpha value is -2.13. The second-order valence-electron chi connectivity index (χ2n) is 5.78. The fourth-order valence-corrected chi connectivity index (χ4v) is 2.83. The first-order valence-electron chi connectivity index (χ1n) is 7.79. The van der Waals surface area contributed by atoms with Gasteiger partial charge < -0.3 is 10.6 Å². The van der Waals surface area contributed by atoms with Crippen molar-refractivity contribution in [1.82, 2.24) is 20.4 Å². The van der Waals surface area contributed by atoms with Gasteiger partial charge in [-0.2, -0.15) is 18.3 Å². The van der Waals surface area contributed by atoms with Crippen molar-refractivity contribution < 1.29 is 22.4 Å². The number of carbonyl (C=O) groups excluding carboxylic acids is 1. The molecule has 2 N–H and O–H groups in total. The van der Waals surface area contributed by atoms with E-state index in [2.05, 4.69) is 15.7 Å². The number of benzene rings is 1. The molecule has 1 aliphatic rings. The van der Waals surface area contributed by atoms with Crippen molar-refractivity contribution in [3.63, 3.8) is 0 Å². The number of para-hydroxylation sites is 1. The minimum atomic E-state index is -4.86. The van der Waals surface area contributed by atoms with Gasteiger partial charge in [-0.3, -0.25) is 4.79 Å². The quantitative estimate of drug-likeness (QED) is 0.790. The van der Waals surface area contributed by atoms with Gasteiger partial charge in [0, 0.05) is 12.6 Å². The molecule has 10 heteroatoms. The maximum Gasteiger partial charge on any atom is 0.434 e. The van der Waals surface area contributed by atoms with Gasteiger partial charge in [-0.05, 0) is 31.5 Å². The predicted octanol–water partition coefficient (Wildman–Crippen LogP) is 2.93. The molecule has 2 aromatic rings. The summed E-state index contributed by atoms with van der Waals surface area (Å²) in [6.45, 7) is 1.31. The highest BCUT2D eigenvalue weighted by Crippen LogP contribution is 2.34. The van der Waals surface area contributed by atoms with Crippen molar-refractivity contribution in [3.8, 4) is 5.69 Å². The molecule has 1 fully saturated rings. The number of alkyl halides is 3. The Morgan fingerprint density at radius 3 is 2.65 bits per heavy atom. The molecule has 0 aliphatic carbocycles. The largest absolute Gasteiger partial charge is 0.434 e. The first-order chi connectivity index (χ1) is 11.9. The average molecular weight is 393 g/mol. The highest BCUT2D eigenvalue weighted by Gasteiger charge is 2.41. The van der Waals surface area contributed by atoms with Crippen LogP contribution in [0.5, 0.6) is 0 Å². The first kappa shape index (κ1) is 20.2. The monoisotopic (exact) mass is 392 g/mol. The van der Waals surface area contributed by atoms with E-state index < -0.39 is 29.2 Å². The number of nitrogens with one attached hydrogen (secondary N) is 2. The Kier molecular flexibility index (Phi) is 6.25. The van der Waals surface area contributed by atoms with Gasteiger partial charge in [-0.1, -0.05) is 12.1 Å². The van der Waals surface area contributed by atoms with Crippen LogP contribution in [0.2, 0.25) is 0 Å². The Morgan fingerprint density at radius 1 is 1.31 bits per heavy atom. The molecular weight excluding hydrogens is 376 g/mol. The number of hydrogen-bond donors (Lipinski definition) is 2. The number of hydrogen-bond acceptors (Lipinski definition) is 3. The fourth-order valence-electron chi connectivity index (χ4n) is 2.83. The van der Waals surface area contributed by atoms with Crippen molar-refractivity contribution in [2.24, 2.45) is 0 Å². The minimum absolute atomic E-state index is 0. The minimum Gasteiger partial charge on any atom is -0.348 e. The number of halogens is 5. The standard InChI is InChI=1S/C16H16F4N4O.ClH/c17-12-5-1-2-6-13(12)24-14(16(18,19)20)11(9-22-24)15(25)23-10-4-3-7-21-8-10;/h1-2,5-6,9-10,21H,3-4,7-8H2,(H,23,25);1H/t10-;/m0./s1. The van der Waals surface area contributed by atoms with E-state index in [1.165, 1.54) is 18.2 Å². The summed E-state index contributed by atoms with van der Waals surface area (Å²) in [4.78, 5) is 12.3. The average Bonchev–Trinajstić information content (AvgIpc) is 3.01. The second-order valence-corrected chi connectivity index (χ2v) is 5.78. The van der Waals surface area contributed by atoms with Crippen LogP contribution in [0.3, 0.4) is 0 Å². The highest BCUT2D eigenvalue weighted by molar-refractivity contribution is 5.95. The lowest BCUT2D eigenvalue weighted by molar-refractivity contribution is -0.143. The van der Waals surface area contributed by atoms with Gasteiger partial charge in [-0.15, -0.1) is 12.4 Å². The van der Waals surface area contributed by atoms with E-state index in [4.69, 9.17) is 0 Å². The van der Waals surface area contributed by atoms with E-state index in [9.17, 15) is 22.4 Å². The molecular formula is C16H17ClF4N4O. The Bertz CT molecular complexity index is 772. The van der Waals surface area contributed by atoms with Crippen LogP contribution < -0.4 is 10.6 Å². The van der Waals surface area contributed by atoms with Gasteiger partial charge in [0.25, 0.3) is 5.91 Å². The van der Waals surface area contributed by atoms with Crippen molar-refractivity contribution >= 4 is 18.3 Å².